The fourth-order valence-corrected chi connectivity index (χ4v) is 3.53. The van der Waals surface area contributed by atoms with Gasteiger partial charge in [0.15, 0.2) is 0 Å². The molecule has 2 aromatic heterocycles. The number of nitrogens with one attached hydrogen (secondary N) is 1. The van der Waals surface area contributed by atoms with Crippen molar-refractivity contribution in [1.82, 2.24) is 5.43 Å². The van der Waals surface area contributed by atoms with E-state index in [0.717, 1.165) is 17.5 Å². The van der Waals surface area contributed by atoms with Crippen molar-refractivity contribution in [2.24, 2.45) is 5.10 Å². The second-order valence-electron chi connectivity index (χ2n) is 7.30. The molecule has 30 heavy (non-hydrogen) atoms. The number of aryl methyl sites for hydroxylation is 3. The highest BCUT2D eigenvalue weighted by Crippen LogP contribution is 2.30. The maximum Gasteiger partial charge on any atom is 0.379 e. The molecule has 2 heterocycles. The van der Waals surface area contributed by atoms with Crippen LogP contribution in [0.25, 0.3) is 0 Å². The molecule has 0 saturated carbocycles. The number of hydrogen-bond acceptors (Lipinski definition) is 6. The van der Waals surface area contributed by atoms with Gasteiger partial charge in [0.1, 0.15) is 17.3 Å². The molecule has 0 fully saturated rings. The summed E-state index contributed by atoms with van der Waals surface area (Å²) in [5.41, 5.74) is 6.20. The van der Waals surface area contributed by atoms with Crippen molar-refractivity contribution in [3.05, 3.63) is 76.1 Å². The third-order valence-electron chi connectivity index (χ3n) is 5.14. The van der Waals surface area contributed by atoms with Gasteiger partial charge in [0.2, 0.25) is 5.76 Å². The van der Waals surface area contributed by atoms with Crippen molar-refractivity contribution in [1.29, 1.82) is 0 Å². The van der Waals surface area contributed by atoms with Crippen molar-refractivity contribution in [3.63, 3.8) is 0 Å². The lowest BCUT2D eigenvalue weighted by atomic mass is 9.93. The number of fused-ring (bicyclic) bond motifs is 1. The molecule has 7 nitrogen and oxygen atoms in total. The van der Waals surface area contributed by atoms with Crippen molar-refractivity contribution in [2.45, 2.75) is 40.0 Å². The molecule has 0 unspecified atom stereocenters. The minimum absolute atomic E-state index is 0.159. The summed E-state index contributed by atoms with van der Waals surface area (Å²) in [4.78, 5) is 25.0. The number of rotatable bonds is 4. The maximum absolute atomic E-state index is 12.7. The zero-order chi connectivity index (χ0) is 21.3. The molecule has 1 aliphatic carbocycles. The Morgan fingerprint density at radius 3 is 2.53 bits per heavy atom. The van der Waals surface area contributed by atoms with Gasteiger partial charge < -0.3 is 13.6 Å². The summed E-state index contributed by atoms with van der Waals surface area (Å²) in [6.07, 6.45) is 3.64. The van der Waals surface area contributed by atoms with Crippen LogP contribution in [-0.2, 0) is 6.42 Å². The normalized spacial score (nSPS) is 14.4. The van der Waals surface area contributed by atoms with E-state index in [9.17, 15) is 9.59 Å². The Balaban J connectivity index is 1.57. The topological polar surface area (TPSA) is 94.0 Å². The van der Waals surface area contributed by atoms with Crippen molar-refractivity contribution in [2.75, 3.05) is 0 Å². The molecular weight excluding hydrogens is 384 g/mol. The molecule has 1 aromatic carbocycles. The van der Waals surface area contributed by atoms with E-state index in [1.807, 2.05) is 19.1 Å². The van der Waals surface area contributed by atoms with Gasteiger partial charge in [0, 0.05) is 17.5 Å². The van der Waals surface area contributed by atoms with Gasteiger partial charge in [0.05, 0.1) is 17.5 Å². The second kappa shape index (κ2) is 8.02. The molecule has 0 spiro atoms. The first-order valence-electron chi connectivity index (χ1n) is 9.76. The molecule has 7 heteroatoms. The Labute approximate surface area is 173 Å². The molecule has 0 radical (unpaired) electrons. The molecular formula is C23H22N2O5. The van der Waals surface area contributed by atoms with Crippen LogP contribution in [0.5, 0.6) is 5.75 Å². The number of furan rings is 2. The average molecular weight is 406 g/mol. The van der Waals surface area contributed by atoms with Crippen molar-refractivity contribution < 1.29 is 23.2 Å². The predicted molar refractivity (Wildman–Crippen MR) is 110 cm³/mol. The Morgan fingerprint density at radius 2 is 1.83 bits per heavy atom. The quantitative estimate of drug-likeness (QED) is 0.391. The predicted octanol–water partition coefficient (Wildman–Crippen LogP) is 4.49. The van der Waals surface area contributed by atoms with Crippen LogP contribution in [-0.4, -0.2) is 17.6 Å². The standard InChI is InChI=1S/C23H22N2O5/c1-13-7-9-16(10-8-13)29-23(27)21-14(2)20-18(5-4-6-19(20)30-21)24-25-22(26)17-11-12-28-15(17)3/h7-12H,4-6H2,1-3H3,(H,25,26)/b24-18+. The van der Waals surface area contributed by atoms with E-state index < -0.39 is 5.97 Å². The zero-order valence-corrected chi connectivity index (χ0v) is 17.1. The number of carbonyl (C=O) groups is 2. The molecule has 4 rings (SSSR count). The summed E-state index contributed by atoms with van der Waals surface area (Å²) in [6.45, 7) is 5.48. The number of benzene rings is 1. The lowest BCUT2D eigenvalue weighted by Crippen LogP contribution is -2.22. The lowest BCUT2D eigenvalue weighted by molar-refractivity contribution is 0.0698. The summed E-state index contributed by atoms with van der Waals surface area (Å²) < 4.78 is 16.5. The van der Waals surface area contributed by atoms with Gasteiger partial charge in [0.25, 0.3) is 5.91 Å². The monoisotopic (exact) mass is 406 g/mol. The first-order valence-corrected chi connectivity index (χ1v) is 9.76. The van der Waals surface area contributed by atoms with Crippen LogP contribution in [0, 0.1) is 20.8 Å². The first kappa shape index (κ1) is 19.7. The van der Waals surface area contributed by atoms with Gasteiger partial charge in [-0.15, -0.1) is 0 Å². The van der Waals surface area contributed by atoms with E-state index in [1.165, 1.54) is 6.26 Å². The highest BCUT2D eigenvalue weighted by atomic mass is 16.5. The Kier molecular flexibility index (Phi) is 5.27. The molecule has 154 valence electrons. The summed E-state index contributed by atoms with van der Waals surface area (Å²) >= 11 is 0. The largest absolute Gasteiger partial charge is 0.469 e. The van der Waals surface area contributed by atoms with Crippen LogP contribution in [0.2, 0.25) is 0 Å². The maximum atomic E-state index is 12.7. The fraction of sp³-hybridized carbons (Fsp3) is 0.261. The fourth-order valence-electron chi connectivity index (χ4n) is 3.53. The number of nitrogens with zero attached hydrogens (tertiary/aromatic N) is 1. The number of hydrazone groups is 1. The first-order chi connectivity index (χ1) is 14.4. The second-order valence-corrected chi connectivity index (χ2v) is 7.30. The molecule has 1 amide bonds. The van der Waals surface area contributed by atoms with E-state index in [2.05, 4.69) is 10.5 Å². The average Bonchev–Trinajstić information content (AvgIpc) is 3.31. The van der Waals surface area contributed by atoms with Gasteiger partial charge in [-0.25, -0.2) is 10.2 Å². The number of esters is 1. The van der Waals surface area contributed by atoms with Crippen LogP contribution in [0.3, 0.4) is 0 Å². The lowest BCUT2D eigenvalue weighted by Gasteiger charge is -2.13. The smallest absolute Gasteiger partial charge is 0.379 e. The van der Waals surface area contributed by atoms with Gasteiger partial charge >= 0.3 is 5.97 Å². The highest BCUT2D eigenvalue weighted by Gasteiger charge is 2.29. The highest BCUT2D eigenvalue weighted by molar-refractivity contribution is 6.06. The van der Waals surface area contributed by atoms with Gasteiger partial charge in [-0.2, -0.15) is 5.10 Å². The Bertz CT molecular complexity index is 1140. The van der Waals surface area contributed by atoms with Gasteiger partial charge in [-0.3, -0.25) is 4.79 Å². The van der Waals surface area contributed by atoms with Crippen LogP contribution in [0.4, 0.5) is 0 Å². The van der Waals surface area contributed by atoms with Gasteiger partial charge in [-0.05, 0) is 51.8 Å². The SMILES string of the molecule is Cc1ccc(OC(=O)c2oc3c(c2C)/C(=N/NC(=O)c2ccoc2C)CCC3)cc1. The molecule has 3 aromatic rings. The van der Waals surface area contributed by atoms with Crippen LogP contribution >= 0.6 is 0 Å². The number of ether oxygens (including phenoxy) is 1. The molecule has 0 aliphatic heterocycles. The van der Waals surface area contributed by atoms with E-state index in [4.69, 9.17) is 13.6 Å². The molecule has 1 N–H and O–H groups in total. The number of hydrogen-bond donors (Lipinski definition) is 1. The van der Waals surface area contributed by atoms with E-state index in [-0.39, 0.29) is 11.7 Å². The summed E-state index contributed by atoms with van der Waals surface area (Å²) in [6, 6.07) is 8.83. The van der Waals surface area contributed by atoms with Crippen molar-refractivity contribution in [3.8, 4) is 5.75 Å². The van der Waals surface area contributed by atoms with Crippen molar-refractivity contribution >= 4 is 17.6 Å². The number of carbonyl (C=O) groups excluding carboxylic acids is 2. The molecule has 0 saturated heterocycles. The van der Waals surface area contributed by atoms with E-state index in [1.54, 1.807) is 32.0 Å². The Hall–Kier alpha value is -3.61. The molecule has 0 bridgehead atoms. The summed E-state index contributed by atoms with van der Waals surface area (Å²) in [5, 5.41) is 4.31. The summed E-state index contributed by atoms with van der Waals surface area (Å²) in [5.74, 6) is 0.923. The third-order valence-corrected chi connectivity index (χ3v) is 5.14. The minimum Gasteiger partial charge on any atom is -0.469 e. The molecule has 1 aliphatic rings. The van der Waals surface area contributed by atoms with E-state index in [0.29, 0.717) is 47.0 Å². The van der Waals surface area contributed by atoms with Crippen LogP contribution < -0.4 is 10.2 Å². The van der Waals surface area contributed by atoms with Crippen LogP contribution in [0.1, 0.15) is 62.0 Å². The van der Waals surface area contributed by atoms with E-state index >= 15 is 0 Å². The van der Waals surface area contributed by atoms with Crippen LogP contribution in [0.15, 0.2) is 50.5 Å². The minimum atomic E-state index is -0.553. The molecule has 0 atom stereocenters. The third kappa shape index (κ3) is 3.78. The summed E-state index contributed by atoms with van der Waals surface area (Å²) in [7, 11) is 0. The number of amides is 1. The van der Waals surface area contributed by atoms with Gasteiger partial charge in [-0.1, -0.05) is 17.7 Å². The Morgan fingerprint density at radius 1 is 1.07 bits per heavy atom. The zero-order valence-electron chi connectivity index (χ0n) is 17.1.